The van der Waals surface area contributed by atoms with Gasteiger partial charge in [-0.25, -0.2) is 9.37 Å². The van der Waals surface area contributed by atoms with Crippen LogP contribution in [-0.4, -0.2) is 51.7 Å². The van der Waals surface area contributed by atoms with E-state index in [1.807, 2.05) is 30.3 Å². The van der Waals surface area contributed by atoms with E-state index in [1.165, 1.54) is 12.1 Å². The zero-order valence-electron chi connectivity index (χ0n) is 18.4. The summed E-state index contributed by atoms with van der Waals surface area (Å²) in [6.45, 7) is 1.09. The van der Waals surface area contributed by atoms with E-state index in [4.69, 9.17) is 11.1 Å². The molecule has 0 saturated carbocycles. The van der Waals surface area contributed by atoms with E-state index in [2.05, 4.69) is 15.0 Å². The molecule has 9 heteroatoms. The van der Waals surface area contributed by atoms with Gasteiger partial charge in [-0.15, -0.1) is 0 Å². The number of thioether (sulfide) groups is 1. The molecule has 0 unspecified atom stereocenters. The Morgan fingerprint density at radius 3 is 2.76 bits per heavy atom. The normalized spacial score (nSPS) is 16.3. The number of halogens is 1. The van der Waals surface area contributed by atoms with Crippen molar-refractivity contribution in [2.45, 2.75) is 24.0 Å². The first-order valence-corrected chi connectivity index (χ1v) is 11.8. The number of carbonyl (C=O) groups is 1. The lowest BCUT2D eigenvalue weighted by molar-refractivity contribution is 0.0736. The predicted molar refractivity (Wildman–Crippen MR) is 135 cm³/mol. The Hall–Kier alpha value is -3.72. The average Bonchev–Trinajstić information content (AvgIpc) is 3.50. The number of likely N-dealkylation sites (tertiary alicyclic amines) is 1. The number of nitrogens with two attached hydrogens (primary N) is 1. The third kappa shape index (κ3) is 5.43. The molecule has 1 aromatic heterocycles. The summed E-state index contributed by atoms with van der Waals surface area (Å²) in [5, 5.41) is 7.78. The van der Waals surface area contributed by atoms with Crippen molar-refractivity contribution >= 4 is 35.1 Å². The molecular weight excluding hydrogens is 451 g/mol. The smallest absolute Gasteiger partial charge is 0.272 e. The number of amides is 1. The van der Waals surface area contributed by atoms with Crippen molar-refractivity contribution in [2.75, 3.05) is 13.1 Å². The number of nitrogens with zero attached hydrogens (tertiary/aromatic N) is 3. The highest BCUT2D eigenvalue weighted by atomic mass is 32.2. The van der Waals surface area contributed by atoms with Crippen LogP contribution in [0.15, 0.2) is 70.8 Å². The Balaban J connectivity index is 1.51. The summed E-state index contributed by atoms with van der Waals surface area (Å²) in [6.07, 6.45) is 5.18. The summed E-state index contributed by atoms with van der Waals surface area (Å²) in [5.41, 5.74) is 10.2. The second-order valence-electron chi connectivity index (χ2n) is 7.81. The molecule has 2 aromatic carbocycles. The van der Waals surface area contributed by atoms with Crippen molar-refractivity contribution in [1.29, 1.82) is 5.41 Å². The number of nitrogens with one attached hydrogen (secondary N) is 2. The van der Waals surface area contributed by atoms with Gasteiger partial charge in [0.25, 0.3) is 5.91 Å². The Bertz CT molecular complexity index is 1210. The minimum absolute atomic E-state index is 0.0432. The van der Waals surface area contributed by atoms with Gasteiger partial charge in [0.05, 0.1) is 18.1 Å². The molecule has 4 rings (SSSR count). The lowest BCUT2D eigenvalue weighted by Gasteiger charge is -2.23. The van der Waals surface area contributed by atoms with Crippen LogP contribution in [0.3, 0.4) is 0 Å². The van der Waals surface area contributed by atoms with Gasteiger partial charge in [-0.1, -0.05) is 30.3 Å². The topological polar surface area (TPSA) is 111 Å². The van der Waals surface area contributed by atoms with Crippen molar-refractivity contribution in [3.8, 4) is 11.3 Å². The summed E-state index contributed by atoms with van der Waals surface area (Å²) in [5.74, 6) is -0.540. The summed E-state index contributed by atoms with van der Waals surface area (Å²) >= 11 is 1.07. The highest BCUT2D eigenvalue weighted by Crippen LogP contribution is 2.28. The molecule has 1 aliphatic rings. The van der Waals surface area contributed by atoms with Gasteiger partial charge < -0.3 is 21.0 Å². The first kappa shape index (κ1) is 23.4. The average molecular weight is 477 g/mol. The van der Waals surface area contributed by atoms with Gasteiger partial charge in [0.2, 0.25) is 0 Å². The second-order valence-corrected chi connectivity index (χ2v) is 8.66. The van der Waals surface area contributed by atoms with Crippen LogP contribution in [0, 0.1) is 11.2 Å². The van der Waals surface area contributed by atoms with Crippen molar-refractivity contribution in [3.05, 3.63) is 77.7 Å². The van der Waals surface area contributed by atoms with E-state index in [-0.39, 0.29) is 17.8 Å². The van der Waals surface area contributed by atoms with Crippen LogP contribution in [0.25, 0.3) is 17.0 Å². The minimum atomic E-state index is -0.360. The monoisotopic (exact) mass is 476 g/mol. The Morgan fingerprint density at radius 1 is 1.26 bits per heavy atom. The quantitative estimate of drug-likeness (QED) is 0.251. The van der Waals surface area contributed by atoms with Gasteiger partial charge in [-0.2, -0.15) is 0 Å². The number of benzene rings is 2. The summed E-state index contributed by atoms with van der Waals surface area (Å²) in [7, 11) is 0. The number of aromatic amines is 1. The molecule has 1 aliphatic heterocycles. The largest absolute Gasteiger partial charge is 0.398 e. The van der Waals surface area contributed by atoms with Gasteiger partial charge in [-0.3, -0.25) is 9.79 Å². The molecule has 1 amide bonds. The van der Waals surface area contributed by atoms with E-state index in [0.717, 1.165) is 35.7 Å². The molecule has 2 heterocycles. The molecule has 34 heavy (non-hydrogen) atoms. The van der Waals surface area contributed by atoms with Crippen LogP contribution >= 0.6 is 11.8 Å². The second kappa shape index (κ2) is 10.9. The number of rotatable bonds is 8. The number of carbonyl (C=O) groups excluding carboxylic acids is 1. The number of aliphatic imine (C=N–C) groups is 1. The van der Waals surface area contributed by atoms with Crippen molar-refractivity contribution in [3.63, 3.8) is 0 Å². The van der Waals surface area contributed by atoms with Gasteiger partial charge in [0, 0.05) is 24.0 Å². The molecule has 1 fully saturated rings. The molecular formula is C25H25FN6OS. The Kier molecular flexibility index (Phi) is 7.54. The van der Waals surface area contributed by atoms with Crippen LogP contribution in [0.5, 0.6) is 0 Å². The van der Waals surface area contributed by atoms with E-state index >= 15 is 0 Å². The fraction of sp³-hybridized carbons (Fsp3) is 0.200. The van der Waals surface area contributed by atoms with Crippen LogP contribution < -0.4 is 5.73 Å². The van der Waals surface area contributed by atoms with Crippen LogP contribution in [0.2, 0.25) is 0 Å². The summed E-state index contributed by atoms with van der Waals surface area (Å²) in [4.78, 5) is 27.3. The zero-order valence-corrected chi connectivity index (χ0v) is 19.3. The van der Waals surface area contributed by atoms with Crippen molar-refractivity contribution in [1.82, 2.24) is 14.9 Å². The predicted octanol–water partition coefficient (Wildman–Crippen LogP) is 4.59. The molecule has 174 valence electrons. The summed E-state index contributed by atoms with van der Waals surface area (Å²) in [6, 6.07) is 15.5. The third-order valence-corrected chi connectivity index (χ3v) is 6.14. The number of hydrogen-bond donors (Lipinski definition) is 3. The lowest BCUT2D eigenvalue weighted by atomic mass is 10.1. The molecule has 1 saturated heterocycles. The van der Waals surface area contributed by atoms with Crippen LogP contribution in [0.1, 0.15) is 28.9 Å². The van der Waals surface area contributed by atoms with Crippen molar-refractivity contribution in [2.24, 2.45) is 10.7 Å². The maximum atomic E-state index is 13.5. The maximum absolute atomic E-state index is 13.5. The first-order chi connectivity index (χ1) is 16.6. The third-order valence-electron chi connectivity index (χ3n) is 5.60. The van der Waals surface area contributed by atoms with E-state index < -0.39 is 0 Å². The standard InChI is InChI=1S/C25H25FN6OS/c26-19-10-8-18(9-11-19)22-23(31-25(30-22)34-16-27)24(33)32-14-4-7-20(32)15-29-13-12-21(28)17-5-2-1-3-6-17/h1-3,5-6,8-13,16,20,27H,4,7,14-15,28H2,(H,30,31)/b21-12-,27-16?,29-13?/t20-/m0/s1. The fourth-order valence-corrected chi connectivity index (χ4v) is 4.33. The van der Waals surface area contributed by atoms with E-state index in [0.29, 0.717) is 40.9 Å². The van der Waals surface area contributed by atoms with Gasteiger partial charge in [-0.05, 0) is 60.5 Å². The maximum Gasteiger partial charge on any atom is 0.272 e. The minimum Gasteiger partial charge on any atom is -0.398 e. The molecule has 0 spiro atoms. The number of allylic oxidation sites excluding steroid dienone is 1. The Labute approximate surface area is 201 Å². The van der Waals surface area contributed by atoms with E-state index in [9.17, 15) is 9.18 Å². The van der Waals surface area contributed by atoms with Crippen LogP contribution in [0.4, 0.5) is 4.39 Å². The molecule has 1 atom stereocenters. The number of hydrogen-bond acceptors (Lipinski definition) is 6. The summed E-state index contributed by atoms with van der Waals surface area (Å²) < 4.78 is 13.4. The highest BCUT2D eigenvalue weighted by Gasteiger charge is 2.32. The first-order valence-electron chi connectivity index (χ1n) is 10.9. The molecule has 0 bridgehead atoms. The number of H-pyrrole nitrogens is 1. The van der Waals surface area contributed by atoms with Crippen molar-refractivity contribution < 1.29 is 9.18 Å². The number of imidazole rings is 1. The zero-order chi connectivity index (χ0) is 23.9. The molecule has 3 aromatic rings. The van der Waals surface area contributed by atoms with Gasteiger partial charge >= 0.3 is 0 Å². The lowest BCUT2D eigenvalue weighted by Crippen LogP contribution is -2.37. The van der Waals surface area contributed by atoms with Crippen LogP contribution in [-0.2, 0) is 0 Å². The highest BCUT2D eigenvalue weighted by molar-refractivity contribution is 8.11. The van der Waals surface area contributed by atoms with Gasteiger partial charge in [0.1, 0.15) is 17.2 Å². The molecule has 7 nitrogen and oxygen atoms in total. The van der Waals surface area contributed by atoms with E-state index in [1.54, 1.807) is 29.3 Å². The van der Waals surface area contributed by atoms with Gasteiger partial charge in [0.15, 0.2) is 5.16 Å². The molecule has 4 N–H and O–H groups in total. The molecule has 0 radical (unpaired) electrons. The fourth-order valence-electron chi connectivity index (χ4n) is 3.91. The SMILES string of the molecule is N=CSc1nc(-c2ccc(F)cc2)c(C(=O)N2CCC[C@H]2CN=C/C=C(\N)c2ccccc2)[nH]1. The molecule has 0 aliphatic carbocycles. The number of aromatic nitrogens is 2. The Morgan fingerprint density at radius 2 is 2.03 bits per heavy atom.